The van der Waals surface area contributed by atoms with Crippen molar-refractivity contribution < 1.29 is 27.6 Å². The molecular formula is C21H23N5O7S2. The Morgan fingerprint density at radius 1 is 1.17 bits per heavy atom. The van der Waals surface area contributed by atoms with Crippen LogP contribution < -0.4 is 19.1 Å². The monoisotopic (exact) mass is 521 g/mol. The molecule has 0 saturated carbocycles. The minimum absolute atomic E-state index is 0.0602. The maximum atomic E-state index is 13.2. The molecule has 0 saturated heterocycles. The lowest BCUT2D eigenvalue weighted by Crippen LogP contribution is -2.47. The van der Waals surface area contributed by atoms with Gasteiger partial charge in [-0.15, -0.1) is 10.2 Å². The molecule has 14 heteroatoms. The van der Waals surface area contributed by atoms with E-state index in [0.717, 1.165) is 33.5 Å². The van der Waals surface area contributed by atoms with E-state index in [-0.39, 0.29) is 28.7 Å². The zero-order valence-electron chi connectivity index (χ0n) is 19.3. The first-order valence-electron chi connectivity index (χ1n) is 10.2. The number of nitro benzene ring substituents is 1. The molecule has 0 bridgehead atoms. The smallest absolute Gasteiger partial charge is 0.271 e. The van der Waals surface area contributed by atoms with E-state index in [4.69, 9.17) is 9.47 Å². The first-order chi connectivity index (χ1) is 16.6. The number of sulfonamides is 1. The summed E-state index contributed by atoms with van der Waals surface area (Å²) >= 11 is 1.11. The Hall–Kier alpha value is -3.78. The third kappa shape index (κ3) is 5.84. The molecule has 2 aromatic carbocycles. The van der Waals surface area contributed by atoms with Crippen molar-refractivity contribution in [3.05, 3.63) is 52.6 Å². The molecule has 0 aliphatic heterocycles. The van der Waals surface area contributed by atoms with Crippen LogP contribution in [0.3, 0.4) is 0 Å². The number of hydrogen-bond donors (Lipinski definition) is 1. The fourth-order valence-corrected chi connectivity index (χ4v) is 5.27. The molecule has 12 nitrogen and oxygen atoms in total. The molecule has 3 rings (SSSR count). The lowest BCUT2D eigenvalue weighted by atomic mass is 10.1. The number of amides is 1. The summed E-state index contributed by atoms with van der Waals surface area (Å²) in [5, 5.41) is 22.7. The molecule has 186 valence electrons. The van der Waals surface area contributed by atoms with Gasteiger partial charge in [0.15, 0.2) is 0 Å². The van der Waals surface area contributed by atoms with Gasteiger partial charge in [0.2, 0.25) is 21.1 Å². The van der Waals surface area contributed by atoms with E-state index in [1.165, 1.54) is 19.2 Å². The van der Waals surface area contributed by atoms with Gasteiger partial charge < -0.3 is 9.47 Å². The van der Waals surface area contributed by atoms with Crippen LogP contribution in [0.2, 0.25) is 0 Å². The molecule has 0 spiro atoms. The standard InChI is InChI=1S/C21H23N5O7S2/c1-5-16(25(35(4,30)31)17-12-14(26(28)29)8-11-18(17)33-3)19(27)22-21-24-23-20(34-21)13-6-9-15(32-2)10-7-13/h6-12,16H,5H2,1-4H3,(H,22,24,27). The highest BCUT2D eigenvalue weighted by atomic mass is 32.2. The van der Waals surface area contributed by atoms with Gasteiger partial charge in [0.25, 0.3) is 5.69 Å². The predicted molar refractivity (Wildman–Crippen MR) is 132 cm³/mol. The van der Waals surface area contributed by atoms with Crippen LogP contribution in [0, 0.1) is 10.1 Å². The van der Waals surface area contributed by atoms with Crippen LogP contribution in [-0.2, 0) is 14.8 Å². The van der Waals surface area contributed by atoms with Crippen LogP contribution >= 0.6 is 11.3 Å². The normalized spacial score (nSPS) is 12.0. The van der Waals surface area contributed by atoms with E-state index in [1.807, 2.05) is 0 Å². The van der Waals surface area contributed by atoms with Crippen LogP contribution in [0.15, 0.2) is 42.5 Å². The SMILES string of the molecule is CCC(C(=O)Nc1nnc(-c2ccc(OC)cc2)s1)N(c1cc([N+](=O)[O-])ccc1OC)S(C)(=O)=O. The molecule has 0 fully saturated rings. The second-order valence-electron chi connectivity index (χ2n) is 7.23. The van der Waals surface area contributed by atoms with Crippen molar-refractivity contribution in [1.29, 1.82) is 0 Å². The summed E-state index contributed by atoms with van der Waals surface area (Å²) in [6.07, 6.45) is 0.975. The lowest BCUT2D eigenvalue weighted by molar-refractivity contribution is -0.384. The number of rotatable bonds is 10. The maximum Gasteiger partial charge on any atom is 0.271 e. The van der Waals surface area contributed by atoms with Crippen molar-refractivity contribution in [3.63, 3.8) is 0 Å². The molecule has 1 heterocycles. The largest absolute Gasteiger partial charge is 0.497 e. The highest BCUT2D eigenvalue weighted by Gasteiger charge is 2.35. The summed E-state index contributed by atoms with van der Waals surface area (Å²) in [5.74, 6) is 0.0592. The summed E-state index contributed by atoms with van der Waals surface area (Å²) < 4.78 is 36.7. The first kappa shape index (κ1) is 25.8. The molecule has 35 heavy (non-hydrogen) atoms. The van der Waals surface area contributed by atoms with Gasteiger partial charge in [-0.1, -0.05) is 18.3 Å². The molecular weight excluding hydrogens is 498 g/mol. The molecule has 1 amide bonds. The number of nitrogens with one attached hydrogen (secondary N) is 1. The number of non-ortho nitro benzene ring substituents is 1. The number of anilines is 2. The van der Waals surface area contributed by atoms with Crippen LogP contribution in [0.25, 0.3) is 10.6 Å². The van der Waals surface area contributed by atoms with E-state index >= 15 is 0 Å². The zero-order valence-corrected chi connectivity index (χ0v) is 20.9. The molecule has 0 aliphatic rings. The van der Waals surface area contributed by atoms with E-state index in [1.54, 1.807) is 38.3 Å². The summed E-state index contributed by atoms with van der Waals surface area (Å²) in [4.78, 5) is 23.8. The fourth-order valence-electron chi connectivity index (χ4n) is 3.31. The number of carbonyl (C=O) groups is 1. The summed E-state index contributed by atoms with van der Waals surface area (Å²) in [6, 6.07) is 9.39. The third-order valence-corrected chi connectivity index (χ3v) is 6.99. The van der Waals surface area contributed by atoms with Gasteiger partial charge in [-0.2, -0.15) is 0 Å². The summed E-state index contributed by atoms with van der Waals surface area (Å²) in [7, 11) is -1.20. The highest BCUT2D eigenvalue weighted by Crippen LogP contribution is 2.36. The third-order valence-electron chi connectivity index (χ3n) is 4.93. The number of methoxy groups -OCH3 is 2. The number of aromatic nitrogens is 2. The van der Waals surface area contributed by atoms with Crippen molar-refractivity contribution >= 4 is 43.8 Å². The minimum Gasteiger partial charge on any atom is -0.497 e. The minimum atomic E-state index is -4.06. The number of carbonyl (C=O) groups excluding carboxylic acids is 1. The summed E-state index contributed by atoms with van der Waals surface area (Å²) in [5.41, 5.74) is 0.287. The van der Waals surface area contributed by atoms with E-state index < -0.39 is 26.9 Å². The summed E-state index contributed by atoms with van der Waals surface area (Å²) in [6.45, 7) is 1.62. The molecule has 1 unspecified atom stereocenters. The molecule has 1 N–H and O–H groups in total. The topological polar surface area (TPSA) is 154 Å². The van der Waals surface area contributed by atoms with Gasteiger partial charge in [0.1, 0.15) is 28.2 Å². The average Bonchev–Trinajstić information content (AvgIpc) is 3.29. The Kier molecular flexibility index (Phi) is 7.86. The number of ether oxygens (including phenoxy) is 2. The Balaban J connectivity index is 1.93. The van der Waals surface area contributed by atoms with Crippen LogP contribution in [0.4, 0.5) is 16.5 Å². The van der Waals surface area contributed by atoms with Gasteiger partial charge in [-0.05, 0) is 36.8 Å². The Morgan fingerprint density at radius 2 is 1.86 bits per heavy atom. The number of nitro groups is 1. The zero-order chi connectivity index (χ0) is 25.8. The number of nitrogens with zero attached hydrogens (tertiary/aromatic N) is 4. The van der Waals surface area contributed by atoms with Crippen molar-refractivity contribution in [2.75, 3.05) is 30.1 Å². The molecule has 3 aromatic rings. The van der Waals surface area contributed by atoms with Crippen LogP contribution in [-0.4, -0.2) is 56.0 Å². The second-order valence-corrected chi connectivity index (χ2v) is 10.1. The molecule has 1 aromatic heterocycles. The fraction of sp³-hybridized carbons (Fsp3) is 0.286. The lowest BCUT2D eigenvalue weighted by Gasteiger charge is -2.30. The van der Waals surface area contributed by atoms with Crippen molar-refractivity contribution in [3.8, 4) is 22.1 Å². The van der Waals surface area contributed by atoms with Crippen LogP contribution in [0.1, 0.15) is 13.3 Å². The van der Waals surface area contributed by atoms with Crippen molar-refractivity contribution in [2.45, 2.75) is 19.4 Å². The number of hydrogen-bond acceptors (Lipinski definition) is 10. The molecule has 0 radical (unpaired) electrons. The van der Waals surface area contributed by atoms with E-state index in [0.29, 0.717) is 10.8 Å². The van der Waals surface area contributed by atoms with Gasteiger partial charge in [0.05, 0.1) is 25.4 Å². The van der Waals surface area contributed by atoms with Crippen LogP contribution in [0.5, 0.6) is 11.5 Å². The second kappa shape index (κ2) is 10.7. The molecule has 1 atom stereocenters. The van der Waals surface area contributed by atoms with E-state index in [2.05, 4.69) is 15.5 Å². The maximum absolute atomic E-state index is 13.2. The predicted octanol–water partition coefficient (Wildman–Crippen LogP) is 3.31. The van der Waals surface area contributed by atoms with E-state index in [9.17, 15) is 23.3 Å². The van der Waals surface area contributed by atoms with Gasteiger partial charge in [-0.3, -0.25) is 24.5 Å². The Bertz CT molecular complexity index is 1330. The quantitative estimate of drug-likeness (QED) is 0.312. The Morgan fingerprint density at radius 3 is 2.40 bits per heavy atom. The highest BCUT2D eigenvalue weighted by molar-refractivity contribution is 7.92. The van der Waals surface area contributed by atoms with Gasteiger partial charge >= 0.3 is 0 Å². The van der Waals surface area contributed by atoms with Gasteiger partial charge in [0, 0.05) is 17.7 Å². The molecule has 0 aliphatic carbocycles. The first-order valence-corrected chi connectivity index (χ1v) is 12.9. The Labute approximate surface area is 205 Å². The average molecular weight is 522 g/mol. The van der Waals surface area contributed by atoms with Crippen molar-refractivity contribution in [1.82, 2.24) is 10.2 Å². The van der Waals surface area contributed by atoms with Crippen molar-refractivity contribution in [2.24, 2.45) is 0 Å². The number of benzene rings is 2. The van der Waals surface area contributed by atoms with Gasteiger partial charge in [-0.25, -0.2) is 8.42 Å².